The molecular formula is C15H13ClN2. The van der Waals surface area contributed by atoms with Crippen molar-refractivity contribution in [3.8, 4) is 6.07 Å². The average molecular weight is 257 g/mol. The van der Waals surface area contributed by atoms with E-state index in [1.165, 1.54) is 0 Å². The van der Waals surface area contributed by atoms with E-state index >= 15 is 0 Å². The smallest absolute Gasteiger partial charge is 0.101 e. The third-order valence-electron chi connectivity index (χ3n) is 2.69. The van der Waals surface area contributed by atoms with Crippen LogP contribution in [0.2, 0.25) is 5.02 Å². The molecule has 0 fully saturated rings. The minimum atomic E-state index is 0.618. The normalized spacial score (nSPS) is 9.89. The summed E-state index contributed by atoms with van der Waals surface area (Å²) in [5.41, 5.74) is 4.39. The maximum Gasteiger partial charge on any atom is 0.101 e. The molecule has 0 unspecified atom stereocenters. The second-order valence-corrected chi connectivity index (χ2v) is 4.68. The van der Waals surface area contributed by atoms with E-state index in [0.29, 0.717) is 10.6 Å². The Morgan fingerprint density at radius 2 is 1.67 bits per heavy atom. The van der Waals surface area contributed by atoms with Crippen LogP contribution >= 0.6 is 11.6 Å². The number of aryl methyl sites for hydroxylation is 2. The van der Waals surface area contributed by atoms with Crippen molar-refractivity contribution in [1.29, 1.82) is 5.26 Å². The number of nitrogens with one attached hydrogen (secondary N) is 1. The molecule has 2 rings (SSSR count). The Morgan fingerprint density at radius 1 is 1.00 bits per heavy atom. The minimum Gasteiger partial charge on any atom is -0.353 e. The fraction of sp³-hybridized carbons (Fsp3) is 0.133. The molecule has 0 atom stereocenters. The number of hydrogen-bond donors (Lipinski definition) is 1. The highest BCUT2D eigenvalue weighted by Crippen LogP contribution is 2.28. The van der Waals surface area contributed by atoms with Crippen LogP contribution in [-0.2, 0) is 0 Å². The fourth-order valence-electron chi connectivity index (χ4n) is 1.74. The monoisotopic (exact) mass is 256 g/mol. The van der Waals surface area contributed by atoms with E-state index in [4.69, 9.17) is 16.9 Å². The number of nitrogens with zero attached hydrogens (tertiary/aromatic N) is 1. The van der Waals surface area contributed by atoms with Gasteiger partial charge in [0.1, 0.15) is 6.07 Å². The van der Waals surface area contributed by atoms with Crippen LogP contribution in [0.25, 0.3) is 0 Å². The van der Waals surface area contributed by atoms with E-state index in [1.807, 2.05) is 50.2 Å². The minimum absolute atomic E-state index is 0.618. The molecular weight excluding hydrogens is 244 g/mol. The number of nitriles is 1. The van der Waals surface area contributed by atoms with Crippen molar-refractivity contribution in [2.75, 3.05) is 5.32 Å². The summed E-state index contributed by atoms with van der Waals surface area (Å²) in [5.74, 6) is 0. The summed E-state index contributed by atoms with van der Waals surface area (Å²) < 4.78 is 0. The van der Waals surface area contributed by atoms with E-state index < -0.39 is 0 Å². The van der Waals surface area contributed by atoms with E-state index in [1.54, 1.807) is 0 Å². The predicted octanol–water partition coefficient (Wildman–Crippen LogP) is 4.57. The van der Waals surface area contributed by atoms with Crippen LogP contribution in [0, 0.1) is 25.2 Å². The Labute approximate surface area is 112 Å². The number of benzene rings is 2. The van der Waals surface area contributed by atoms with Gasteiger partial charge in [-0.05, 0) is 49.2 Å². The van der Waals surface area contributed by atoms with E-state index in [-0.39, 0.29) is 0 Å². The summed E-state index contributed by atoms with van der Waals surface area (Å²) in [6.45, 7) is 3.96. The van der Waals surface area contributed by atoms with Gasteiger partial charge in [0.25, 0.3) is 0 Å². The third-order valence-corrected chi connectivity index (χ3v) is 3.02. The lowest BCUT2D eigenvalue weighted by Gasteiger charge is -2.11. The summed E-state index contributed by atoms with van der Waals surface area (Å²) in [4.78, 5) is 0. The molecule has 0 amide bonds. The van der Waals surface area contributed by atoms with Gasteiger partial charge >= 0.3 is 0 Å². The van der Waals surface area contributed by atoms with Crippen LogP contribution in [0.3, 0.4) is 0 Å². The van der Waals surface area contributed by atoms with Gasteiger partial charge in [-0.1, -0.05) is 23.7 Å². The Balaban J connectivity index is 2.40. The Kier molecular flexibility index (Phi) is 3.55. The molecule has 0 saturated heterocycles. The first-order chi connectivity index (χ1) is 8.60. The highest BCUT2D eigenvalue weighted by atomic mass is 35.5. The predicted molar refractivity (Wildman–Crippen MR) is 75.4 cm³/mol. The number of hydrogen-bond acceptors (Lipinski definition) is 2. The van der Waals surface area contributed by atoms with Gasteiger partial charge in [-0.3, -0.25) is 0 Å². The molecule has 0 heterocycles. The molecule has 0 aromatic heterocycles. The van der Waals surface area contributed by atoms with Crippen molar-refractivity contribution in [3.05, 3.63) is 58.1 Å². The quantitative estimate of drug-likeness (QED) is 0.854. The maximum atomic E-state index is 9.12. The lowest BCUT2D eigenvalue weighted by molar-refractivity contribution is 1.39. The fourth-order valence-corrected chi connectivity index (χ4v) is 1.90. The zero-order valence-corrected chi connectivity index (χ0v) is 11.0. The van der Waals surface area contributed by atoms with Crippen molar-refractivity contribution < 1.29 is 0 Å². The first-order valence-electron chi connectivity index (χ1n) is 5.64. The molecule has 1 N–H and O–H groups in total. The van der Waals surface area contributed by atoms with Crippen molar-refractivity contribution in [2.45, 2.75) is 13.8 Å². The first-order valence-corrected chi connectivity index (χ1v) is 6.02. The van der Waals surface area contributed by atoms with Gasteiger partial charge in [-0.25, -0.2) is 0 Å². The van der Waals surface area contributed by atoms with E-state index in [0.717, 1.165) is 22.5 Å². The molecule has 0 aliphatic rings. The van der Waals surface area contributed by atoms with Crippen LogP contribution in [0.15, 0.2) is 36.4 Å². The summed E-state index contributed by atoms with van der Waals surface area (Å²) in [6, 6.07) is 13.7. The Hall–Kier alpha value is -1.98. The average Bonchev–Trinajstić information content (AvgIpc) is 2.36. The molecule has 3 heteroatoms. The zero-order chi connectivity index (χ0) is 13.1. The second-order valence-electron chi connectivity index (χ2n) is 4.27. The molecule has 2 aromatic rings. The molecule has 0 aliphatic carbocycles. The van der Waals surface area contributed by atoms with Gasteiger partial charge in [0.15, 0.2) is 0 Å². The van der Waals surface area contributed by atoms with Crippen LogP contribution < -0.4 is 5.32 Å². The molecule has 0 spiro atoms. The van der Waals surface area contributed by atoms with Crippen LogP contribution in [-0.4, -0.2) is 0 Å². The van der Waals surface area contributed by atoms with Gasteiger partial charge in [-0.2, -0.15) is 5.26 Å². The Morgan fingerprint density at radius 3 is 2.39 bits per heavy atom. The standard InChI is InChI=1S/C15H13ClN2/c1-10-4-6-14(12(7-10)9-17)18-15-8-11(2)3-5-13(15)16/h3-8,18H,1-2H3. The summed E-state index contributed by atoms with van der Waals surface area (Å²) in [6.07, 6.45) is 0. The van der Waals surface area contributed by atoms with Gasteiger partial charge < -0.3 is 5.32 Å². The molecule has 0 saturated carbocycles. The molecule has 0 radical (unpaired) electrons. The lowest BCUT2D eigenvalue weighted by Crippen LogP contribution is -1.95. The third kappa shape index (κ3) is 2.64. The molecule has 90 valence electrons. The molecule has 2 nitrogen and oxygen atoms in total. The van der Waals surface area contributed by atoms with Crippen molar-refractivity contribution in [1.82, 2.24) is 0 Å². The largest absolute Gasteiger partial charge is 0.353 e. The lowest BCUT2D eigenvalue weighted by atomic mass is 10.1. The van der Waals surface area contributed by atoms with Crippen molar-refractivity contribution in [3.63, 3.8) is 0 Å². The number of rotatable bonds is 2. The van der Waals surface area contributed by atoms with Crippen LogP contribution in [0.1, 0.15) is 16.7 Å². The van der Waals surface area contributed by atoms with E-state index in [2.05, 4.69) is 11.4 Å². The van der Waals surface area contributed by atoms with Crippen molar-refractivity contribution in [2.24, 2.45) is 0 Å². The van der Waals surface area contributed by atoms with Crippen LogP contribution in [0.5, 0.6) is 0 Å². The molecule has 18 heavy (non-hydrogen) atoms. The summed E-state index contributed by atoms with van der Waals surface area (Å²) in [7, 11) is 0. The van der Waals surface area contributed by atoms with Gasteiger partial charge in [0.2, 0.25) is 0 Å². The number of anilines is 2. The summed E-state index contributed by atoms with van der Waals surface area (Å²) >= 11 is 6.13. The first kappa shape index (κ1) is 12.5. The molecule has 0 aliphatic heterocycles. The van der Waals surface area contributed by atoms with Gasteiger partial charge in [0, 0.05) is 0 Å². The topological polar surface area (TPSA) is 35.8 Å². The van der Waals surface area contributed by atoms with Crippen LogP contribution in [0.4, 0.5) is 11.4 Å². The number of halogens is 1. The summed E-state index contributed by atoms with van der Waals surface area (Å²) in [5, 5.41) is 13.0. The SMILES string of the molecule is Cc1ccc(Nc2cc(C)ccc2Cl)c(C#N)c1. The van der Waals surface area contributed by atoms with Crippen molar-refractivity contribution >= 4 is 23.0 Å². The Bertz CT molecular complexity index is 627. The zero-order valence-electron chi connectivity index (χ0n) is 10.3. The molecule has 0 bridgehead atoms. The van der Waals surface area contributed by atoms with Gasteiger partial charge in [0.05, 0.1) is 22.0 Å². The highest BCUT2D eigenvalue weighted by Gasteiger charge is 2.05. The van der Waals surface area contributed by atoms with E-state index in [9.17, 15) is 0 Å². The highest BCUT2D eigenvalue weighted by molar-refractivity contribution is 6.33. The maximum absolute atomic E-state index is 9.12. The van der Waals surface area contributed by atoms with Gasteiger partial charge in [-0.15, -0.1) is 0 Å². The molecule has 2 aromatic carbocycles. The second kappa shape index (κ2) is 5.12.